The molecule has 0 fully saturated rings. The van der Waals surface area contributed by atoms with E-state index >= 15 is 0 Å². The molecule has 0 saturated heterocycles. The molecule has 0 bridgehead atoms. The zero-order valence-electron chi connectivity index (χ0n) is 37.5. The Morgan fingerprint density at radius 2 is 0.928 bits per heavy atom. The van der Waals surface area contributed by atoms with Crippen molar-refractivity contribution < 1.29 is 9.15 Å². The number of anilines is 6. The Kier molecular flexibility index (Phi) is 8.77. The molecule has 4 heteroatoms. The second-order valence-electron chi connectivity index (χ2n) is 18.0. The molecule has 1 aliphatic carbocycles. The number of ether oxygens (including phenoxy) is 1. The summed E-state index contributed by atoms with van der Waals surface area (Å²) in [7, 11) is 0. The van der Waals surface area contributed by atoms with E-state index in [0.717, 1.165) is 89.5 Å². The maximum atomic E-state index is 7.46. The SMILES string of the molecule is c1ccc(N(c2ccccc2)c2ccc3c(c2)Oc2c(N(c4ccc5c(c4)C(c4ccccc4)(c4ccccc4)c4ccccc4-5)c4cccc5c4oc4ccccc45)ccc4cccc-3c24)cc1. The first-order valence-electron chi connectivity index (χ1n) is 23.6. The number of furan rings is 1. The van der Waals surface area contributed by atoms with Gasteiger partial charge in [-0.1, -0.05) is 182 Å². The summed E-state index contributed by atoms with van der Waals surface area (Å²) in [6.07, 6.45) is 0. The van der Waals surface area contributed by atoms with Crippen LogP contribution in [0.1, 0.15) is 22.3 Å². The summed E-state index contributed by atoms with van der Waals surface area (Å²) < 4.78 is 14.4. The monoisotopic (exact) mass is 882 g/mol. The maximum absolute atomic E-state index is 7.46. The van der Waals surface area contributed by atoms with Crippen molar-refractivity contribution in [1.82, 2.24) is 0 Å². The fourth-order valence-electron chi connectivity index (χ4n) is 11.4. The summed E-state index contributed by atoms with van der Waals surface area (Å²) in [5.41, 5.74) is 16.5. The Hall–Kier alpha value is -9.12. The third kappa shape index (κ3) is 5.89. The minimum absolute atomic E-state index is 0.596. The molecule has 0 N–H and O–H groups in total. The highest BCUT2D eigenvalue weighted by Crippen LogP contribution is 2.59. The third-order valence-electron chi connectivity index (χ3n) is 14.3. The highest BCUT2D eigenvalue weighted by atomic mass is 16.5. The van der Waals surface area contributed by atoms with Crippen LogP contribution in [-0.4, -0.2) is 0 Å². The van der Waals surface area contributed by atoms with Gasteiger partial charge in [0.15, 0.2) is 11.3 Å². The first-order valence-corrected chi connectivity index (χ1v) is 23.6. The molecule has 0 atom stereocenters. The van der Waals surface area contributed by atoms with Gasteiger partial charge in [0, 0.05) is 50.5 Å². The molecule has 0 saturated carbocycles. The molecule has 324 valence electrons. The Balaban J connectivity index is 1.03. The van der Waals surface area contributed by atoms with Gasteiger partial charge in [-0.15, -0.1) is 0 Å². The average molecular weight is 883 g/mol. The minimum Gasteiger partial charge on any atom is -0.454 e. The van der Waals surface area contributed by atoms with Crippen LogP contribution in [0, 0.1) is 0 Å². The van der Waals surface area contributed by atoms with Crippen molar-refractivity contribution in [2.75, 3.05) is 9.80 Å². The highest BCUT2D eigenvalue weighted by molar-refractivity contribution is 6.13. The zero-order chi connectivity index (χ0) is 45.5. The lowest BCUT2D eigenvalue weighted by molar-refractivity contribution is 0.488. The van der Waals surface area contributed by atoms with E-state index in [0.29, 0.717) is 0 Å². The van der Waals surface area contributed by atoms with Gasteiger partial charge in [0.05, 0.1) is 16.8 Å². The number of nitrogens with zero attached hydrogens (tertiary/aromatic N) is 2. The highest BCUT2D eigenvalue weighted by Gasteiger charge is 2.46. The van der Waals surface area contributed by atoms with Gasteiger partial charge in [-0.05, 0) is 111 Å². The maximum Gasteiger partial charge on any atom is 0.159 e. The van der Waals surface area contributed by atoms with Crippen molar-refractivity contribution in [1.29, 1.82) is 0 Å². The van der Waals surface area contributed by atoms with Crippen molar-refractivity contribution in [3.63, 3.8) is 0 Å². The summed E-state index contributed by atoms with van der Waals surface area (Å²) >= 11 is 0. The predicted octanol–water partition coefficient (Wildman–Crippen LogP) is 17.8. The largest absolute Gasteiger partial charge is 0.454 e. The van der Waals surface area contributed by atoms with Crippen molar-refractivity contribution in [3.8, 4) is 33.8 Å². The van der Waals surface area contributed by atoms with Gasteiger partial charge in [-0.2, -0.15) is 0 Å². The second kappa shape index (κ2) is 15.5. The second-order valence-corrected chi connectivity index (χ2v) is 18.0. The number of rotatable bonds is 8. The predicted molar refractivity (Wildman–Crippen MR) is 283 cm³/mol. The molecule has 69 heavy (non-hydrogen) atoms. The van der Waals surface area contributed by atoms with Crippen molar-refractivity contribution in [2.24, 2.45) is 0 Å². The topological polar surface area (TPSA) is 28.9 Å². The third-order valence-corrected chi connectivity index (χ3v) is 14.3. The Bertz CT molecular complexity index is 3860. The van der Waals surface area contributed by atoms with Gasteiger partial charge in [-0.25, -0.2) is 0 Å². The van der Waals surface area contributed by atoms with Crippen LogP contribution in [0.15, 0.2) is 259 Å². The van der Waals surface area contributed by atoms with Crippen LogP contribution in [0.3, 0.4) is 0 Å². The van der Waals surface area contributed by atoms with E-state index in [-0.39, 0.29) is 0 Å². The van der Waals surface area contributed by atoms with E-state index in [4.69, 9.17) is 9.15 Å². The molecule has 11 aromatic carbocycles. The first kappa shape index (κ1) is 39.1. The van der Waals surface area contributed by atoms with E-state index < -0.39 is 5.41 Å². The molecule has 1 aliphatic heterocycles. The van der Waals surface area contributed by atoms with Gasteiger partial charge in [0.1, 0.15) is 11.3 Å². The zero-order valence-corrected chi connectivity index (χ0v) is 37.5. The lowest BCUT2D eigenvalue weighted by atomic mass is 9.67. The minimum atomic E-state index is -0.596. The van der Waals surface area contributed by atoms with Crippen LogP contribution in [0.25, 0.3) is 55.0 Å². The summed E-state index contributed by atoms with van der Waals surface area (Å²) in [6.45, 7) is 0. The van der Waals surface area contributed by atoms with E-state index in [1.54, 1.807) is 0 Å². The van der Waals surface area contributed by atoms with Crippen molar-refractivity contribution in [2.45, 2.75) is 5.41 Å². The average Bonchev–Trinajstić information content (AvgIpc) is 3.95. The van der Waals surface area contributed by atoms with Crippen LogP contribution < -0.4 is 14.5 Å². The number of hydrogen-bond acceptors (Lipinski definition) is 4. The normalized spacial score (nSPS) is 12.9. The number of benzene rings is 11. The summed E-state index contributed by atoms with van der Waals surface area (Å²) in [5.74, 6) is 1.57. The van der Waals surface area contributed by atoms with Gasteiger partial charge in [0.25, 0.3) is 0 Å². The lowest BCUT2D eigenvalue weighted by Gasteiger charge is -2.35. The smallest absolute Gasteiger partial charge is 0.159 e. The first-order chi connectivity index (χ1) is 34.2. The fraction of sp³-hybridized carbons (Fsp3) is 0.0154. The van der Waals surface area contributed by atoms with Gasteiger partial charge in [-0.3, -0.25) is 0 Å². The van der Waals surface area contributed by atoms with Crippen LogP contribution in [0.4, 0.5) is 34.1 Å². The van der Waals surface area contributed by atoms with E-state index in [9.17, 15) is 0 Å². The van der Waals surface area contributed by atoms with Crippen molar-refractivity contribution >= 4 is 66.8 Å². The molecule has 2 aliphatic rings. The molecule has 4 nitrogen and oxygen atoms in total. The molecule has 0 radical (unpaired) electrons. The molecule has 2 heterocycles. The standard InChI is InChI=1S/C65H42N2O2/c1-5-20-44(21-6-1)65(45-22-7-2-8-23-45)56-32-15-13-28-50(56)51-38-36-48(41-57(51)65)67(58-33-18-31-55-52-29-14-16-34-60(52)68-63(55)58)59-40-35-43-19-17-30-54-53-39-37-49(42-61(53)69-64(59)62(43)54)66(46-24-9-3-10-25-46)47-26-11-4-12-27-47/h1-42H. The number of fused-ring (bicyclic) bond motifs is 8. The molecular weight excluding hydrogens is 841 g/mol. The molecule has 12 aromatic rings. The van der Waals surface area contributed by atoms with E-state index in [2.05, 4.69) is 259 Å². The summed E-state index contributed by atoms with van der Waals surface area (Å²) in [4.78, 5) is 4.66. The van der Waals surface area contributed by atoms with Crippen molar-refractivity contribution in [3.05, 3.63) is 277 Å². The van der Waals surface area contributed by atoms with Crippen LogP contribution in [-0.2, 0) is 5.41 Å². The summed E-state index contributed by atoms with van der Waals surface area (Å²) in [5, 5.41) is 4.30. The Labute approximate surface area is 400 Å². The van der Waals surface area contributed by atoms with Gasteiger partial charge < -0.3 is 19.0 Å². The Morgan fingerprint density at radius 1 is 0.348 bits per heavy atom. The number of hydrogen-bond donors (Lipinski definition) is 0. The van der Waals surface area contributed by atoms with Crippen LogP contribution in [0.2, 0.25) is 0 Å². The van der Waals surface area contributed by atoms with Gasteiger partial charge in [0.2, 0.25) is 0 Å². The summed E-state index contributed by atoms with van der Waals surface area (Å²) in [6, 6.07) is 91.5. The molecule has 0 amide bonds. The van der Waals surface area contributed by atoms with E-state index in [1.807, 2.05) is 6.07 Å². The lowest BCUT2D eigenvalue weighted by Crippen LogP contribution is -2.28. The van der Waals surface area contributed by atoms with Crippen LogP contribution in [0.5, 0.6) is 11.5 Å². The molecule has 0 unspecified atom stereocenters. The van der Waals surface area contributed by atoms with Crippen LogP contribution >= 0.6 is 0 Å². The van der Waals surface area contributed by atoms with Gasteiger partial charge >= 0.3 is 0 Å². The molecule has 0 spiro atoms. The van der Waals surface area contributed by atoms with E-state index in [1.165, 1.54) is 33.4 Å². The molecular formula is C65H42N2O2. The molecule has 14 rings (SSSR count). The number of para-hydroxylation sites is 4. The fourth-order valence-corrected chi connectivity index (χ4v) is 11.4. The Morgan fingerprint density at radius 3 is 1.67 bits per heavy atom. The quantitative estimate of drug-likeness (QED) is 0.152. The molecule has 1 aromatic heterocycles.